The molecule has 7 nitrogen and oxygen atoms in total. The first kappa shape index (κ1) is 21.0. The van der Waals surface area contributed by atoms with Gasteiger partial charge in [0.1, 0.15) is 0 Å². The van der Waals surface area contributed by atoms with Gasteiger partial charge in [0, 0.05) is 42.5 Å². The standard InChI is InChI=1S/C25H22N4O3/c1-16(31)17-7-9-18(10-8-17)23-13-26-24-22(27-15-30)12-21(14-29(23)24)19-5-4-6-20(11-19)25(32)28(2)3/h4-15H,1-3H3,(H,27,30). The van der Waals surface area contributed by atoms with E-state index < -0.39 is 0 Å². The Morgan fingerprint density at radius 3 is 2.38 bits per heavy atom. The fourth-order valence-electron chi connectivity index (χ4n) is 3.59. The summed E-state index contributed by atoms with van der Waals surface area (Å²) in [7, 11) is 3.42. The molecule has 160 valence electrons. The van der Waals surface area contributed by atoms with E-state index in [4.69, 9.17) is 0 Å². The van der Waals surface area contributed by atoms with Crippen molar-refractivity contribution in [3.8, 4) is 22.4 Å². The molecule has 7 heteroatoms. The molecule has 4 aromatic rings. The van der Waals surface area contributed by atoms with E-state index in [0.717, 1.165) is 22.4 Å². The summed E-state index contributed by atoms with van der Waals surface area (Å²) in [6, 6.07) is 16.5. The third-order valence-electron chi connectivity index (χ3n) is 5.26. The molecule has 0 aliphatic rings. The zero-order valence-corrected chi connectivity index (χ0v) is 18.0. The molecular weight excluding hydrogens is 404 g/mol. The number of carbonyl (C=O) groups excluding carboxylic acids is 3. The number of Topliss-reactive ketones (excluding diaryl/α,β-unsaturated/α-hetero) is 1. The van der Waals surface area contributed by atoms with Crippen molar-refractivity contribution in [3.63, 3.8) is 0 Å². The lowest BCUT2D eigenvalue weighted by molar-refractivity contribution is -0.105. The number of imidazole rings is 1. The van der Waals surface area contributed by atoms with Crippen LogP contribution in [0.1, 0.15) is 27.6 Å². The van der Waals surface area contributed by atoms with E-state index >= 15 is 0 Å². The van der Waals surface area contributed by atoms with Crippen LogP contribution in [0.4, 0.5) is 5.69 Å². The van der Waals surface area contributed by atoms with Crippen LogP contribution in [0.15, 0.2) is 67.0 Å². The molecule has 0 saturated heterocycles. The maximum Gasteiger partial charge on any atom is 0.253 e. The summed E-state index contributed by atoms with van der Waals surface area (Å²) in [5.74, 6) is -0.0883. The molecule has 2 amide bonds. The number of hydrogen-bond donors (Lipinski definition) is 1. The lowest BCUT2D eigenvalue weighted by atomic mass is 10.0. The summed E-state index contributed by atoms with van der Waals surface area (Å²) < 4.78 is 1.89. The Kier molecular flexibility index (Phi) is 5.55. The Bertz CT molecular complexity index is 1340. The van der Waals surface area contributed by atoms with E-state index in [1.807, 2.05) is 47.0 Å². The average molecular weight is 426 g/mol. The fraction of sp³-hybridized carbons (Fsp3) is 0.120. The maximum absolute atomic E-state index is 12.4. The van der Waals surface area contributed by atoms with Crippen LogP contribution in [0.5, 0.6) is 0 Å². The number of rotatable bonds is 6. The molecule has 0 bridgehead atoms. The molecular formula is C25H22N4O3. The summed E-state index contributed by atoms with van der Waals surface area (Å²) in [6.07, 6.45) is 4.26. The monoisotopic (exact) mass is 426 g/mol. The van der Waals surface area contributed by atoms with Crippen LogP contribution >= 0.6 is 0 Å². The lowest BCUT2D eigenvalue weighted by Gasteiger charge is -2.13. The van der Waals surface area contributed by atoms with Gasteiger partial charge in [-0.1, -0.05) is 36.4 Å². The summed E-state index contributed by atoms with van der Waals surface area (Å²) in [5.41, 5.74) is 5.69. The summed E-state index contributed by atoms with van der Waals surface area (Å²) in [6.45, 7) is 1.53. The van der Waals surface area contributed by atoms with Gasteiger partial charge in [0.15, 0.2) is 11.4 Å². The second kappa shape index (κ2) is 8.47. The van der Waals surface area contributed by atoms with Crippen molar-refractivity contribution in [1.82, 2.24) is 14.3 Å². The van der Waals surface area contributed by atoms with Crippen LogP contribution in [0, 0.1) is 0 Å². The topological polar surface area (TPSA) is 83.8 Å². The SMILES string of the molecule is CC(=O)c1ccc(-c2cnc3c(NC=O)cc(-c4cccc(C(=O)N(C)C)c4)cn23)cc1. The molecule has 0 aliphatic carbocycles. The number of carbonyl (C=O) groups is 3. The van der Waals surface area contributed by atoms with Crippen molar-refractivity contribution in [2.75, 3.05) is 19.4 Å². The van der Waals surface area contributed by atoms with E-state index in [0.29, 0.717) is 28.9 Å². The van der Waals surface area contributed by atoms with Crippen molar-refractivity contribution < 1.29 is 14.4 Å². The van der Waals surface area contributed by atoms with E-state index in [1.165, 1.54) is 11.8 Å². The van der Waals surface area contributed by atoms with Crippen molar-refractivity contribution in [2.45, 2.75) is 6.92 Å². The average Bonchev–Trinajstić information content (AvgIpc) is 3.23. The predicted molar refractivity (Wildman–Crippen MR) is 124 cm³/mol. The highest BCUT2D eigenvalue weighted by Crippen LogP contribution is 2.30. The Morgan fingerprint density at radius 2 is 1.72 bits per heavy atom. The molecule has 0 unspecified atom stereocenters. The molecule has 1 N–H and O–H groups in total. The molecule has 0 radical (unpaired) electrons. The molecule has 0 spiro atoms. The van der Waals surface area contributed by atoms with Gasteiger partial charge in [-0.05, 0) is 30.7 Å². The Labute approximate surface area is 185 Å². The van der Waals surface area contributed by atoms with Crippen LogP contribution in [0.2, 0.25) is 0 Å². The van der Waals surface area contributed by atoms with E-state index in [1.54, 1.807) is 38.5 Å². The number of nitrogens with zero attached hydrogens (tertiary/aromatic N) is 3. The minimum absolute atomic E-state index is 0.00148. The van der Waals surface area contributed by atoms with Gasteiger partial charge >= 0.3 is 0 Å². The Hall–Kier alpha value is -4.26. The minimum atomic E-state index is -0.0898. The number of ketones is 1. The number of aromatic nitrogens is 2. The smallest absolute Gasteiger partial charge is 0.253 e. The zero-order valence-electron chi connectivity index (χ0n) is 18.0. The van der Waals surface area contributed by atoms with Gasteiger partial charge in [-0.3, -0.25) is 18.8 Å². The number of amides is 2. The third kappa shape index (κ3) is 3.88. The molecule has 4 rings (SSSR count). The maximum atomic E-state index is 12.4. The second-order valence-electron chi connectivity index (χ2n) is 7.66. The van der Waals surface area contributed by atoms with Crippen molar-refractivity contribution in [3.05, 3.63) is 78.1 Å². The highest BCUT2D eigenvalue weighted by Gasteiger charge is 2.14. The van der Waals surface area contributed by atoms with Crippen LogP contribution in [0.3, 0.4) is 0 Å². The summed E-state index contributed by atoms with van der Waals surface area (Å²) in [5, 5.41) is 2.72. The van der Waals surface area contributed by atoms with Gasteiger partial charge in [-0.15, -0.1) is 0 Å². The van der Waals surface area contributed by atoms with Gasteiger partial charge in [-0.2, -0.15) is 0 Å². The highest BCUT2D eigenvalue weighted by atomic mass is 16.2. The zero-order chi connectivity index (χ0) is 22.8. The summed E-state index contributed by atoms with van der Waals surface area (Å²) >= 11 is 0. The molecule has 0 atom stereocenters. The molecule has 2 heterocycles. The number of pyridine rings is 1. The van der Waals surface area contributed by atoms with Gasteiger partial charge in [0.05, 0.1) is 17.6 Å². The number of anilines is 1. The molecule has 0 saturated carbocycles. The minimum Gasteiger partial charge on any atom is -0.345 e. The first-order chi connectivity index (χ1) is 15.4. The first-order valence-electron chi connectivity index (χ1n) is 10.0. The van der Waals surface area contributed by atoms with Crippen LogP contribution in [0.25, 0.3) is 28.0 Å². The normalized spacial score (nSPS) is 10.7. The third-order valence-corrected chi connectivity index (χ3v) is 5.26. The van der Waals surface area contributed by atoms with Crippen LogP contribution in [-0.2, 0) is 4.79 Å². The molecule has 2 aromatic carbocycles. The first-order valence-corrected chi connectivity index (χ1v) is 10.0. The molecule has 2 aromatic heterocycles. The van der Waals surface area contributed by atoms with Gasteiger partial charge < -0.3 is 10.2 Å². The van der Waals surface area contributed by atoms with Crippen molar-refractivity contribution in [1.29, 1.82) is 0 Å². The second-order valence-corrected chi connectivity index (χ2v) is 7.66. The number of fused-ring (bicyclic) bond motifs is 1. The van der Waals surface area contributed by atoms with Gasteiger partial charge in [-0.25, -0.2) is 4.98 Å². The number of hydrogen-bond acceptors (Lipinski definition) is 4. The highest BCUT2D eigenvalue weighted by molar-refractivity contribution is 5.96. The molecule has 32 heavy (non-hydrogen) atoms. The number of benzene rings is 2. The lowest BCUT2D eigenvalue weighted by Crippen LogP contribution is -2.21. The van der Waals surface area contributed by atoms with Crippen LogP contribution in [-0.4, -0.2) is 46.5 Å². The van der Waals surface area contributed by atoms with E-state index in [2.05, 4.69) is 10.3 Å². The van der Waals surface area contributed by atoms with E-state index in [-0.39, 0.29) is 11.7 Å². The van der Waals surface area contributed by atoms with Gasteiger partial charge in [0.2, 0.25) is 6.41 Å². The number of nitrogens with one attached hydrogen (secondary N) is 1. The van der Waals surface area contributed by atoms with Crippen molar-refractivity contribution >= 4 is 29.4 Å². The Balaban J connectivity index is 1.87. The fourth-order valence-corrected chi connectivity index (χ4v) is 3.59. The molecule has 0 fully saturated rings. The largest absolute Gasteiger partial charge is 0.345 e. The molecule has 0 aliphatic heterocycles. The van der Waals surface area contributed by atoms with Crippen LogP contribution < -0.4 is 5.32 Å². The van der Waals surface area contributed by atoms with E-state index in [9.17, 15) is 14.4 Å². The Morgan fingerprint density at radius 1 is 0.969 bits per heavy atom. The predicted octanol–water partition coefficient (Wildman–Crippen LogP) is 4.14. The summed E-state index contributed by atoms with van der Waals surface area (Å²) in [4.78, 5) is 41.3. The quantitative estimate of drug-likeness (QED) is 0.371. The van der Waals surface area contributed by atoms with Gasteiger partial charge in [0.25, 0.3) is 5.91 Å². The van der Waals surface area contributed by atoms with Crippen molar-refractivity contribution in [2.24, 2.45) is 0 Å².